The predicted octanol–water partition coefficient (Wildman–Crippen LogP) is 0.694. The van der Waals surface area contributed by atoms with E-state index in [9.17, 15) is 8.42 Å². The molecule has 0 saturated heterocycles. The van der Waals surface area contributed by atoms with Gasteiger partial charge in [0.05, 0.1) is 7.11 Å². The molecular weight excluding hydrogens is 202 g/mol. The maximum absolute atomic E-state index is 11.5. The Hall–Kier alpha value is -1.07. The number of rotatable bonds is 3. The van der Waals surface area contributed by atoms with Crippen molar-refractivity contribution in [3.05, 3.63) is 23.8 Å². The van der Waals surface area contributed by atoms with Gasteiger partial charge in [0.15, 0.2) is 9.84 Å². The average Bonchev–Trinajstić information content (AvgIpc) is 2.18. The third-order valence-electron chi connectivity index (χ3n) is 1.87. The van der Waals surface area contributed by atoms with Crippen molar-refractivity contribution < 1.29 is 13.2 Å². The Morgan fingerprint density at radius 3 is 2.57 bits per heavy atom. The lowest BCUT2D eigenvalue weighted by Gasteiger charge is -2.08. The fourth-order valence-corrected chi connectivity index (χ4v) is 2.12. The van der Waals surface area contributed by atoms with Crippen LogP contribution in [0.5, 0.6) is 5.75 Å². The number of benzene rings is 1. The van der Waals surface area contributed by atoms with Crippen LogP contribution in [0.2, 0.25) is 0 Å². The van der Waals surface area contributed by atoms with Crippen molar-refractivity contribution in [2.24, 2.45) is 5.73 Å². The molecule has 0 unspecified atom stereocenters. The van der Waals surface area contributed by atoms with Gasteiger partial charge in [0.1, 0.15) is 16.5 Å². The first-order valence-electron chi connectivity index (χ1n) is 4.08. The van der Waals surface area contributed by atoms with Crippen LogP contribution >= 0.6 is 0 Å². The SMILES string of the molecule is COc1ccc(C)cc1S(=O)(=O)CN. The lowest BCUT2D eigenvalue weighted by Crippen LogP contribution is -2.15. The highest BCUT2D eigenvalue weighted by atomic mass is 32.2. The molecule has 0 bridgehead atoms. The highest BCUT2D eigenvalue weighted by molar-refractivity contribution is 7.91. The molecule has 0 spiro atoms. The summed E-state index contributed by atoms with van der Waals surface area (Å²) in [4.78, 5) is 0.155. The Labute approximate surface area is 83.6 Å². The minimum Gasteiger partial charge on any atom is -0.495 e. The highest BCUT2D eigenvalue weighted by Crippen LogP contribution is 2.24. The standard InChI is InChI=1S/C9H13NO3S/c1-7-3-4-8(13-2)9(5-7)14(11,12)6-10/h3-5H,6,10H2,1-2H3. The molecule has 1 aromatic rings. The quantitative estimate of drug-likeness (QED) is 0.805. The minimum absolute atomic E-state index is 0.155. The van der Waals surface area contributed by atoms with Crippen molar-refractivity contribution in [1.82, 2.24) is 0 Å². The van der Waals surface area contributed by atoms with Gasteiger partial charge in [-0.3, -0.25) is 0 Å². The van der Waals surface area contributed by atoms with E-state index < -0.39 is 15.7 Å². The number of hydrogen-bond donors (Lipinski definition) is 1. The average molecular weight is 215 g/mol. The smallest absolute Gasteiger partial charge is 0.194 e. The molecule has 78 valence electrons. The number of ether oxygens (including phenoxy) is 1. The van der Waals surface area contributed by atoms with Crippen LogP contribution < -0.4 is 10.5 Å². The summed E-state index contributed by atoms with van der Waals surface area (Å²) in [5, 5.41) is 0. The van der Waals surface area contributed by atoms with E-state index in [4.69, 9.17) is 10.5 Å². The number of aryl methyl sites for hydroxylation is 1. The summed E-state index contributed by atoms with van der Waals surface area (Å²) in [6.07, 6.45) is 0. The zero-order valence-electron chi connectivity index (χ0n) is 8.15. The van der Waals surface area contributed by atoms with Crippen LogP contribution in [0.1, 0.15) is 5.56 Å². The summed E-state index contributed by atoms with van der Waals surface area (Å²) in [7, 11) is -1.98. The van der Waals surface area contributed by atoms with Crippen molar-refractivity contribution in [1.29, 1.82) is 0 Å². The Morgan fingerprint density at radius 2 is 2.07 bits per heavy atom. The van der Waals surface area contributed by atoms with Gasteiger partial charge >= 0.3 is 0 Å². The molecule has 0 atom stereocenters. The van der Waals surface area contributed by atoms with E-state index in [2.05, 4.69) is 0 Å². The molecule has 5 heteroatoms. The largest absolute Gasteiger partial charge is 0.495 e. The fourth-order valence-electron chi connectivity index (χ4n) is 1.12. The summed E-state index contributed by atoms with van der Waals surface area (Å²) < 4.78 is 28.0. The van der Waals surface area contributed by atoms with Crippen LogP contribution in [-0.2, 0) is 9.84 Å². The molecule has 14 heavy (non-hydrogen) atoms. The van der Waals surface area contributed by atoms with Gasteiger partial charge in [0, 0.05) is 0 Å². The number of sulfone groups is 1. The maximum atomic E-state index is 11.5. The first kappa shape index (κ1) is 11.0. The van der Waals surface area contributed by atoms with Crippen LogP contribution in [0, 0.1) is 6.92 Å². The molecule has 0 heterocycles. The van der Waals surface area contributed by atoms with Crippen LogP contribution in [0.3, 0.4) is 0 Å². The van der Waals surface area contributed by atoms with E-state index in [1.807, 2.05) is 6.92 Å². The summed E-state index contributed by atoms with van der Waals surface area (Å²) in [6.45, 7) is 1.81. The number of hydrogen-bond acceptors (Lipinski definition) is 4. The molecule has 0 aliphatic rings. The van der Waals surface area contributed by atoms with E-state index in [0.29, 0.717) is 5.75 Å². The summed E-state index contributed by atoms with van der Waals surface area (Å²) in [6, 6.07) is 4.97. The van der Waals surface area contributed by atoms with E-state index in [0.717, 1.165) is 5.56 Å². The van der Waals surface area contributed by atoms with Gasteiger partial charge in [-0.25, -0.2) is 8.42 Å². The molecule has 0 aliphatic heterocycles. The Morgan fingerprint density at radius 1 is 1.43 bits per heavy atom. The number of methoxy groups -OCH3 is 1. The Balaban J connectivity index is 3.39. The molecule has 0 radical (unpaired) electrons. The predicted molar refractivity (Wildman–Crippen MR) is 54.0 cm³/mol. The molecule has 0 aromatic heterocycles. The lowest BCUT2D eigenvalue weighted by molar-refractivity contribution is 0.402. The zero-order valence-corrected chi connectivity index (χ0v) is 8.97. The van der Waals surface area contributed by atoms with Gasteiger partial charge in [-0.15, -0.1) is 0 Å². The normalized spacial score (nSPS) is 11.4. The van der Waals surface area contributed by atoms with Crippen molar-refractivity contribution in [3.63, 3.8) is 0 Å². The summed E-state index contributed by atoms with van der Waals surface area (Å²) >= 11 is 0. The first-order chi connectivity index (χ1) is 6.51. The topological polar surface area (TPSA) is 69.4 Å². The van der Waals surface area contributed by atoms with Gasteiger partial charge in [-0.2, -0.15) is 0 Å². The van der Waals surface area contributed by atoms with Crippen LogP contribution in [-0.4, -0.2) is 21.4 Å². The molecule has 0 aliphatic carbocycles. The van der Waals surface area contributed by atoms with E-state index >= 15 is 0 Å². The van der Waals surface area contributed by atoms with Gasteiger partial charge < -0.3 is 10.5 Å². The highest BCUT2D eigenvalue weighted by Gasteiger charge is 2.17. The summed E-state index contributed by atoms with van der Waals surface area (Å²) in [5.74, 6) is -0.0756. The van der Waals surface area contributed by atoms with Crippen molar-refractivity contribution in [2.45, 2.75) is 11.8 Å². The third kappa shape index (κ3) is 2.05. The van der Waals surface area contributed by atoms with Gasteiger partial charge in [0.25, 0.3) is 0 Å². The summed E-state index contributed by atoms with van der Waals surface area (Å²) in [5.41, 5.74) is 6.03. The van der Waals surface area contributed by atoms with Crippen LogP contribution in [0.15, 0.2) is 23.1 Å². The van der Waals surface area contributed by atoms with Gasteiger partial charge in [0.2, 0.25) is 0 Å². The second-order valence-corrected chi connectivity index (χ2v) is 4.94. The zero-order chi connectivity index (χ0) is 10.8. The van der Waals surface area contributed by atoms with Crippen molar-refractivity contribution >= 4 is 9.84 Å². The van der Waals surface area contributed by atoms with E-state index in [1.54, 1.807) is 18.2 Å². The molecule has 4 nitrogen and oxygen atoms in total. The van der Waals surface area contributed by atoms with Crippen LogP contribution in [0.25, 0.3) is 0 Å². The molecular formula is C9H13NO3S. The Bertz CT molecular complexity index is 426. The Kier molecular flexibility index (Phi) is 3.13. The molecule has 0 amide bonds. The van der Waals surface area contributed by atoms with Gasteiger partial charge in [-0.1, -0.05) is 6.07 Å². The van der Waals surface area contributed by atoms with E-state index in [1.165, 1.54) is 7.11 Å². The fraction of sp³-hybridized carbons (Fsp3) is 0.333. The monoisotopic (exact) mass is 215 g/mol. The lowest BCUT2D eigenvalue weighted by atomic mass is 10.2. The second-order valence-electron chi connectivity index (χ2n) is 2.94. The maximum Gasteiger partial charge on any atom is 0.194 e. The minimum atomic E-state index is -3.41. The third-order valence-corrected chi connectivity index (χ3v) is 3.30. The molecule has 1 rings (SSSR count). The van der Waals surface area contributed by atoms with Gasteiger partial charge in [-0.05, 0) is 24.6 Å². The molecule has 0 saturated carbocycles. The van der Waals surface area contributed by atoms with Crippen LogP contribution in [0.4, 0.5) is 0 Å². The first-order valence-corrected chi connectivity index (χ1v) is 5.74. The molecule has 0 fully saturated rings. The van der Waals surface area contributed by atoms with Crippen molar-refractivity contribution in [3.8, 4) is 5.75 Å². The molecule has 1 aromatic carbocycles. The number of nitrogens with two attached hydrogens (primary N) is 1. The van der Waals surface area contributed by atoms with E-state index in [-0.39, 0.29) is 4.90 Å². The van der Waals surface area contributed by atoms with Crippen molar-refractivity contribution in [2.75, 3.05) is 13.0 Å². The molecule has 2 N–H and O–H groups in total. The second kappa shape index (κ2) is 3.98.